The molecular weight excluding hydrogens is 478 g/mol. The van der Waals surface area contributed by atoms with E-state index in [0.717, 1.165) is 0 Å². The molecule has 0 radical (unpaired) electrons. The zero-order chi connectivity index (χ0) is 27.1. The van der Waals surface area contributed by atoms with Crippen LogP contribution in [0.3, 0.4) is 0 Å². The van der Waals surface area contributed by atoms with Gasteiger partial charge in [0.15, 0.2) is 5.96 Å². The van der Waals surface area contributed by atoms with Crippen LogP contribution in [0.5, 0.6) is 0 Å². The molecule has 6 unspecified atom stereocenters. The normalized spacial score (nSPS) is 16.1. The Morgan fingerprint density at radius 3 is 2.06 bits per heavy atom. The summed E-state index contributed by atoms with van der Waals surface area (Å²) in [5.41, 5.74) is 16.2. The molecule has 35 heavy (non-hydrogen) atoms. The SMILES string of the molecule is CCC(C)C(NC(=O)C(N)C(C)O)C(=O)NC(CCSC)C(=O)NC(CCCN=C(N)N)C(=O)O. The Kier molecular flexibility index (Phi) is 15.7. The van der Waals surface area contributed by atoms with Gasteiger partial charge in [-0.2, -0.15) is 11.8 Å². The van der Waals surface area contributed by atoms with Gasteiger partial charge in [0.25, 0.3) is 0 Å². The molecule has 14 heteroatoms. The summed E-state index contributed by atoms with van der Waals surface area (Å²) >= 11 is 1.46. The number of carboxylic acids is 1. The fourth-order valence-electron chi connectivity index (χ4n) is 2.97. The molecule has 6 atom stereocenters. The van der Waals surface area contributed by atoms with Crippen molar-refractivity contribution in [2.24, 2.45) is 28.1 Å². The molecule has 0 aliphatic heterocycles. The molecule has 0 aliphatic carbocycles. The van der Waals surface area contributed by atoms with Gasteiger partial charge in [0, 0.05) is 6.54 Å². The first-order valence-electron chi connectivity index (χ1n) is 11.5. The van der Waals surface area contributed by atoms with Crippen molar-refractivity contribution in [2.45, 2.75) is 76.7 Å². The number of nitrogens with zero attached hydrogens (tertiary/aromatic N) is 1. The van der Waals surface area contributed by atoms with Gasteiger partial charge < -0.3 is 43.4 Å². The van der Waals surface area contributed by atoms with Crippen molar-refractivity contribution in [3.05, 3.63) is 0 Å². The van der Waals surface area contributed by atoms with E-state index >= 15 is 0 Å². The number of thioether (sulfide) groups is 1. The van der Waals surface area contributed by atoms with E-state index in [-0.39, 0.29) is 31.3 Å². The summed E-state index contributed by atoms with van der Waals surface area (Å²) in [6.45, 7) is 5.16. The second-order valence-corrected chi connectivity index (χ2v) is 9.31. The Morgan fingerprint density at radius 2 is 1.57 bits per heavy atom. The molecule has 0 heterocycles. The van der Waals surface area contributed by atoms with Crippen LogP contribution in [0, 0.1) is 5.92 Å². The number of carbonyl (C=O) groups is 4. The molecule has 0 spiro atoms. The average molecular weight is 520 g/mol. The first-order valence-corrected chi connectivity index (χ1v) is 12.9. The van der Waals surface area contributed by atoms with Crippen molar-refractivity contribution >= 4 is 41.4 Å². The maximum Gasteiger partial charge on any atom is 0.326 e. The molecule has 13 nitrogen and oxygen atoms in total. The van der Waals surface area contributed by atoms with Gasteiger partial charge in [-0.1, -0.05) is 20.3 Å². The van der Waals surface area contributed by atoms with E-state index in [1.165, 1.54) is 18.7 Å². The van der Waals surface area contributed by atoms with Crippen molar-refractivity contribution in [3.8, 4) is 0 Å². The van der Waals surface area contributed by atoms with Crippen LogP contribution in [-0.2, 0) is 19.2 Å². The highest BCUT2D eigenvalue weighted by Gasteiger charge is 2.32. The number of aliphatic imine (C=N–C) groups is 1. The molecule has 0 saturated heterocycles. The van der Waals surface area contributed by atoms with Gasteiger partial charge in [-0.3, -0.25) is 19.4 Å². The molecule has 0 aromatic heterocycles. The molecule has 11 N–H and O–H groups in total. The highest BCUT2D eigenvalue weighted by atomic mass is 32.2. The van der Waals surface area contributed by atoms with E-state index in [1.807, 2.05) is 13.2 Å². The molecule has 0 fully saturated rings. The van der Waals surface area contributed by atoms with Crippen LogP contribution < -0.4 is 33.2 Å². The van der Waals surface area contributed by atoms with Crippen molar-refractivity contribution < 1.29 is 29.4 Å². The summed E-state index contributed by atoms with van der Waals surface area (Å²) in [7, 11) is 0. The zero-order valence-electron chi connectivity index (χ0n) is 20.8. The number of carbonyl (C=O) groups excluding carboxylic acids is 3. The van der Waals surface area contributed by atoms with Gasteiger partial charge in [-0.15, -0.1) is 0 Å². The van der Waals surface area contributed by atoms with Gasteiger partial charge in [0.2, 0.25) is 17.7 Å². The Hall–Kier alpha value is -2.58. The van der Waals surface area contributed by atoms with Crippen LogP contribution in [0.4, 0.5) is 0 Å². The molecule has 0 aromatic carbocycles. The zero-order valence-corrected chi connectivity index (χ0v) is 21.6. The standard InChI is InChI=1S/C21H41N7O6S/c1-5-11(2)16(28-18(31)15(22)12(3)29)19(32)26-13(8-10-35-4)17(30)27-14(20(33)34)7-6-9-25-21(23)24/h11-16,29H,5-10,22H2,1-4H3,(H,26,32)(H,27,30)(H,28,31)(H,33,34)(H4,23,24,25). The van der Waals surface area contributed by atoms with E-state index < -0.39 is 54.0 Å². The second-order valence-electron chi connectivity index (χ2n) is 8.33. The summed E-state index contributed by atoms with van der Waals surface area (Å²) < 4.78 is 0. The van der Waals surface area contributed by atoms with Crippen LogP contribution in [0.2, 0.25) is 0 Å². The molecule has 0 bridgehead atoms. The highest BCUT2D eigenvalue weighted by molar-refractivity contribution is 7.98. The molecule has 0 aromatic rings. The number of amides is 3. The quantitative estimate of drug-likeness (QED) is 0.0602. The summed E-state index contributed by atoms with van der Waals surface area (Å²) in [5, 5.41) is 26.7. The number of hydrogen-bond donors (Lipinski definition) is 8. The predicted octanol–water partition coefficient (Wildman–Crippen LogP) is -1.91. The van der Waals surface area contributed by atoms with Crippen LogP contribution in [0.15, 0.2) is 4.99 Å². The fourth-order valence-corrected chi connectivity index (χ4v) is 3.44. The van der Waals surface area contributed by atoms with Crippen LogP contribution >= 0.6 is 11.8 Å². The molecule has 3 amide bonds. The van der Waals surface area contributed by atoms with Gasteiger partial charge in [-0.05, 0) is 44.1 Å². The van der Waals surface area contributed by atoms with E-state index in [1.54, 1.807) is 6.92 Å². The average Bonchev–Trinajstić information content (AvgIpc) is 2.79. The number of carboxylic acid groups (broad SMARTS) is 1. The third kappa shape index (κ3) is 12.6. The van der Waals surface area contributed by atoms with Crippen LogP contribution in [0.25, 0.3) is 0 Å². The van der Waals surface area contributed by atoms with Gasteiger partial charge >= 0.3 is 5.97 Å². The first kappa shape index (κ1) is 32.4. The minimum Gasteiger partial charge on any atom is -0.480 e. The summed E-state index contributed by atoms with van der Waals surface area (Å²) in [4.78, 5) is 53.8. The highest BCUT2D eigenvalue weighted by Crippen LogP contribution is 2.11. The number of nitrogens with one attached hydrogen (secondary N) is 3. The Balaban J connectivity index is 5.47. The third-order valence-corrected chi connectivity index (χ3v) is 6.06. The lowest BCUT2D eigenvalue weighted by atomic mass is 9.97. The molecule has 0 rings (SSSR count). The fraction of sp³-hybridized carbons (Fsp3) is 0.762. The Bertz CT molecular complexity index is 733. The van der Waals surface area contributed by atoms with Crippen LogP contribution in [-0.4, -0.2) is 88.7 Å². The van der Waals surface area contributed by atoms with Crippen molar-refractivity contribution in [1.29, 1.82) is 0 Å². The van der Waals surface area contributed by atoms with E-state index in [0.29, 0.717) is 18.6 Å². The molecule has 0 aliphatic rings. The number of aliphatic hydroxyl groups is 1. The lowest BCUT2D eigenvalue weighted by Crippen LogP contribution is -2.59. The minimum atomic E-state index is -1.23. The number of aliphatic hydroxyl groups excluding tert-OH is 1. The number of guanidine groups is 1. The largest absolute Gasteiger partial charge is 0.480 e. The van der Waals surface area contributed by atoms with Gasteiger partial charge in [-0.25, -0.2) is 4.79 Å². The van der Waals surface area contributed by atoms with Gasteiger partial charge in [0.05, 0.1) is 6.10 Å². The Labute approximate surface area is 210 Å². The van der Waals surface area contributed by atoms with Crippen molar-refractivity contribution in [1.82, 2.24) is 16.0 Å². The minimum absolute atomic E-state index is 0.0871. The van der Waals surface area contributed by atoms with Crippen LogP contribution in [0.1, 0.15) is 46.5 Å². The van der Waals surface area contributed by atoms with E-state index in [2.05, 4.69) is 20.9 Å². The summed E-state index contributed by atoms with van der Waals surface area (Å²) in [6, 6.07) is -4.44. The molecular formula is C21H41N7O6S. The lowest BCUT2D eigenvalue weighted by Gasteiger charge is -2.28. The third-order valence-electron chi connectivity index (χ3n) is 5.42. The summed E-state index contributed by atoms with van der Waals surface area (Å²) in [6.07, 6.45) is 1.91. The number of aliphatic carboxylic acids is 1. The maximum absolute atomic E-state index is 13.1. The molecule has 0 saturated carbocycles. The number of rotatable bonds is 17. The van der Waals surface area contributed by atoms with E-state index in [9.17, 15) is 29.4 Å². The second kappa shape index (κ2) is 16.9. The van der Waals surface area contributed by atoms with E-state index in [4.69, 9.17) is 17.2 Å². The lowest BCUT2D eigenvalue weighted by molar-refractivity contribution is -0.142. The Morgan fingerprint density at radius 1 is 0.971 bits per heavy atom. The predicted molar refractivity (Wildman–Crippen MR) is 135 cm³/mol. The first-order chi connectivity index (χ1) is 16.3. The van der Waals surface area contributed by atoms with Crippen molar-refractivity contribution in [3.63, 3.8) is 0 Å². The van der Waals surface area contributed by atoms with Crippen molar-refractivity contribution in [2.75, 3.05) is 18.6 Å². The summed E-state index contributed by atoms with van der Waals surface area (Å²) in [5.74, 6) is -3.08. The molecule has 202 valence electrons. The maximum atomic E-state index is 13.1. The monoisotopic (exact) mass is 519 g/mol. The topological polar surface area (TPSA) is 235 Å². The smallest absolute Gasteiger partial charge is 0.326 e. The number of hydrogen-bond acceptors (Lipinski definition) is 8. The number of nitrogens with two attached hydrogens (primary N) is 3. The van der Waals surface area contributed by atoms with Gasteiger partial charge in [0.1, 0.15) is 24.2 Å².